The van der Waals surface area contributed by atoms with E-state index in [9.17, 15) is 31.5 Å². The van der Waals surface area contributed by atoms with Gasteiger partial charge >= 0.3 is 6.18 Å². The van der Waals surface area contributed by atoms with Crippen molar-refractivity contribution in [3.05, 3.63) is 51.2 Å². The molecule has 1 aromatic carbocycles. The lowest BCUT2D eigenvalue weighted by atomic mass is 10.1. The molecular formula is C20H17F5N4O2S2. The van der Waals surface area contributed by atoms with Gasteiger partial charge in [0.25, 0.3) is 5.91 Å². The molecule has 2 heterocycles. The number of nitrogens with one attached hydrogen (secondary N) is 2. The highest BCUT2D eigenvalue weighted by atomic mass is 32.1. The lowest BCUT2D eigenvalue weighted by molar-refractivity contribution is -0.142. The Kier molecular flexibility index (Phi) is 7.03. The van der Waals surface area contributed by atoms with Crippen LogP contribution < -0.4 is 10.6 Å². The van der Waals surface area contributed by atoms with Gasteiger partial charge in [-0.25, -0.2) is 13.8 Å². The van der Waals surface area contributed by atoms with Crippen LogP contribution in [-0.4, -0.2) is 42.8 Å². The van der Waals surface area contributed by atoms with Gasteiger partial charge in [-0.2, -0.15) is 13.2 Å². The first-order chi connectivity index (χ1) is 15.4. The van der Waals surface area contributed by atoms with Gasteiger partial charge in [-0.05, 0) is 23.1 Å². The quantitative estimate of drug-likeness (QED) is 0.459. The predicted octanol–water partition coefficient (Wildman–Crippen LogP) is 5.09. The van der Waals surface area contributed by atoms with Crippen molar-refractivity contribution in [2.75, 3.05) is 31.8 Å². The average Bonchev–Trinajstić information content (AvgIpc) is 3.33. The fourth-order valence-corrected chi connectivity index (χ4v) is 4.61. The molecule has 0 aliphatic heterocycles. The lowest BCUT2D eigenvalue weighted by Crippen LogP contribution is -2.24. The number of thiophene rings is 1. The summed E-state index contributed by atoms with van der Waals surface area (Å²) in [6.45, 7) is 0. The standard InChI is InChI=1S/C20H17F5N4O2S2/c1-26-17-14(18(31)29(2)3)9(7-32-17)6-13(30)28-19-27-12(8-33-19)10-4-5-11(21)15(16(10)22)20(23,24)25/h4-5,7-8,26H,6H2,1-3H3,(H,27,28,30). The van der Waals surface area contributed by atoms with Crippen LogP contribution in [0.5, 0.6) is 0 Å². The SMILES string of the molecule is CNc1scc(CC(=O)Nc2nc(-c3ccc(F)c(C(F)(F)F)c3F)cs2)c1C(=O)N(C)C. The number of benzene rings is 1. The highest BCUT2D eigenvalue weighted by Gasteiger charge is 2.39. The minimum atomic E-state index is -5.22. The van der Waals surface area contributed by atoms with Crippen molar-refractivity contribution in [2.45, 2.75) is 12.6 Å². The number of aromatic nitrogens is 1. The van der Waals surface area contributed by atoms with Crippen molar-refractivity contribution < 1.29 is 31.5 Å². The number of nitrogens with zero attached hydrogens (tertiary/aromatic N) is 2. The molecule has 0 fully saturated rings. The van der Waals surface area contributed by atoms with E-state index < -0.39 is 34.8 Å². The number of anilines is 2. The van der Waals surface area contributed by atoms with Crippen molar-refractivity contribution in [3.8, 4) is 11.3 Å². The van der Waals surface area contributed by atoms with E-state index in [0.29, 0.717) is 22.2 Å². The maximum absolute atomic E-state index is 14.4. The van der Waals surface area contributed by atoms with E-state index in [4.69, 9.17) is 0 Å². The Morgan fingerprint density at radius 3 is 2.42 bits per heavy atom. The molecule has 13 heteroatoms. The van der Waals surface area contributed by atoms with E-state index >= 15 is 0 Å². The fraction of sp³-hybridized carbons (Fsp3) is 0.250. The third-order valence-corrected chi connectivity index (χ3v) is 6.27. The second-order valence-corrected chi connectivity index (χ2v) is 8.70. The van der Waals surface area contributed by atoms with Crippen LogP contribution in [0.1, 0.15) is 21.5 Å². The molecule has 0 radical (unpaired) electrons. The molecule has 176 valence electrons. The van der Waals surface area contributed by atoms with Gasteiger partial charge in [0.05, 0.1) is 17.7 Å². The van der Waals surface area contributed by atoms with Crippen molar-refractivity contribution in [1.82, 2.24) is 9.88 Å². The molecule has 0 saturated carbocycles. The Balaban J connectivity index is 1.81. The number of hydrogen-bond donors (Lipinski definition) is 2. The molecule has 2 aromatic heterocycles. The number of halogens is 5. The number of alkyl halides is 3. The number of hydrogen-bond acceptors (Lipinski definition) is 6. The summed E-state index contributed by atoms with van der Waals surface area (Å²) >= 11 is 2.13. The average molecular weight is 505 g/mol. The first kappa shape index (κ1) is 24.6. The van der Waals surface area contributed by atoms with E-state index in [0.717, 1.165) is 17.4 Å². The number of carbonyl (C=O) groups is 2. The Hall–Kier alpha value is -3.06. The second-order valence-electron chi connectivity index (χ2n) is 6.96. The van der Waals surface area contributed by atoms with E-state index in [-0.39, 0.29) is 23.2 Å². The lowest BCUT2D eigenvalue weighted by Gasteiger charge is -2.13. The minimum absolute atomic E-state index is 0.0110. The number of carbonyl (C=O) groups excluding carboxylic acids is 2. The van der Waals surface area contributed by atoms with Crippen LogP contribution >= 0.6 is 22.7 Å². The Labute approximate surface area is 193 Å². The number of rotatable bonds is 6. The highest BCUT2D eigenvalue weighted by Crippen LogP contribution is 2.38. The van der Waals surface area contributed by atoms with Gasteiger partial charge in [-0.1, -0.05) is 0 Å². The van der Waals surface area contributed by atoms with Crippen LogP contribution in [0.3, 0.4) is 0 Å². The van der Waals surface area contributed by atoms with E-state index in [1.165, 1.54) is 21.6 Å². The van der Waals surface area contributed by atoms with E-state index in [1.54, 1.807) is 26.5 Å². The monoisotopic (exact) mass is 504 g/mol. The van der Waals surface area contributed by atoms with Crippen LogP contribution in [0, 0.1) is 11.6 Å². The third kappa shape index (κ3) is 5.14. The van der Waals surface area contributed by atoms with Crippen LogP contribution in [0.15, 0.2) is 22.9 Å². The van der Waals surface area contributed by atoms with Crippen molar-refractivity contribution in [3.63, 3.8) is 0 Å². The molecule has 33 heavy (non-hydrogen) atoms. The first-order valence-corrected chi connectivity index (χ1v) is 11.0. The van der Waals surface area contributed by atoms with Gasteiger partial charge in [0.15, 0.2) is 5.13 Å². The fourth-order valence-electron chi connectivity index (χ4n) is 2.97. The van der Waals surface area contributed by atoms with Crippen molar-refractivity contribution in [1.29, 1.82) is 0 Å². The summed E-state index contributed by atoms with van der Waals surface area (Å²) in [4.78, 5) is 30.3. The molecule has 2 amide bonds. The maximum atomic E-state index is 14.4. The number of amides is 2. The summed E-state index contributed by atoms with van der Waals surface area (Å²) in [6, 6.07) is 1.36. The summed E-state index contributed by atoms with van der Waals surface area (Å²) in [7, 11) is 4.82. The largest absolute Gasteiger partial charge is 0.422 e. The van der Waals surface area contributed by atoms with Crippen LogP contribution in [-0.2, 0) is 17.4 Å². The molecule has 0 saturated heterocycles. The molecule has 0 aliphatic rings. The predicted molar refractivity (Wildman–Crippen MR) is 117 cm³/mol. The van der Waals surface area contributed by atoms with Gasteiger partial charge < -0.3 is 15.5 Å². The summed E-state index contributed by atoms with van der Waals surface area (Å²) in [6.07, 6.45) is -5.38. The normalized spacial score (nSPS) is 11.4. The van der Waals surface area contributed by atoms with Gasteiger partial charge in [-0.3, -0.25) is 9.59 Å². The smallest absolute Gasteiger partial charge is 0.379 e. The van der Waals surface area contributed by atoms with Crippen molar-refractivity contribution >= 4 is 44.6 Å². The molecule has 3 aromatic rings. The van der Waals surface area contributed by atoms with Crippen LogP contribution in [0.4, 0.5) is 32.1 Å². The third-order valence-electron chi connectivity index (χ3n) is 4.47. The molecule has 0 spiro atoms. The summed E-state index contributed by atoms with van der Waals surface area (Å²) in [5.41, 5.74) is -1.90. The molecule has 3 rings (SSSR count). The Morgan fingerprint density at radius 2 is 1.82 bits per heavy atom. The summed E-state index contributed by atoms with van der Waals surface area (Å²) < 4.78 is 66.8. The minimum Gasteiger partial charge on any atom is -0.379 e. The van der Waals surface area contributed by atoms with E-state index in [2.05, 4.69) is 15.6 Å². The van der Waals surface area contributed by atoms with E-state index in [1.807, 2.05) is 0 Å². The Bertz CT molecular complexity index is 1200. The first-order valence-electron chi connectivity index (χ1n) is 9.24. The van der Waals surface area contributed by atoms with Gasteiger partial charge in [0.2, 0.25) is 5.91 Å². The van der Waals surface area contributed by atoms with Crippen LogP contribution in [0.2, 0.25) is 0 Å². The molecular weight excluding hydrogens is 487 g/mol. The number of thiazole rings is 1. The topological polar surface area (TPSA) is 74.3 Å². The molecule has 0 atom stereocenters. The second kappa shape index (κ2) is 9.43. The molecule has 6 nitrogen and oxygen atoms in total. The zero-order chi connectivity index (χ0) is 24.5. The maximum Gasteiger partial charge on any atom is 0.422 e. The highest BCUT2D eigenvalue weighted by molar-refractivity contribution is 7.15. The van der Waals surface area contributed by atoms with Crippen LogP contribution in [0.25, 0.3) is 11.3 Å². The summed E-state index contributed by atoms with van der Waals surface area (Å²) in [5.74, 6) is -4.32. The molecule has 2 N–H and O–H groups in total. The Morgan fingerprint density at radius 1 is 1.12 bits per heavy atom. The zero-order valence-corrected chi connectivity index (χ0v) is 19.1. The van der Waals surface area contributed by atoms with Crippen molar-refractivity contribution in [2.24, 2.45) is 0 Å². The molecule has 0 unspecified atom stereocenters. The van der Waals surface area contributed by atoms with Gasteiger partial charge in [-0.15, -0.1) is 22.7 Å². The van der Waals surface area contributed by atoms with Gasteiger partial charge in [0.1, 0.15) is 22.2 Å². The van der Waals surface area contributed by atoms with Gasteiger partial charge in [0, 0.05) is 32.1 Å². The zero-order valence-electron chi connectivity index (χ0n) is 17.4. The molecule has 0 aliphatic carbocycles. The summed E-state index contributed by atoms with van der Waals surface area (Å²) in [5, 5.41) is 8.92. The molecule has 0 bridgehead atoms.